The molecule has 0 atom stereocenters. The van der Waals surface area contributed by atoms with Crippen LogP contribution in [-0.2, 0) is 19.0 Å². The van der Waals surface area contributed by atoms with Crippen molar-refractivity contribution in [3.63, 3.8) is 0 Å². The van der Waals surface area contributed by atoms with Gasteiger partial charge in [-0.25, -0.2) is 0 Å². The van der Waals surface area contributed by atoms with Crippen LogP contribution >= 0.6 is 0 Å². The molecule has 324 valence electrons. The van der Waals surface area contributed by atoms with Gasteiger partial charge in [-0.15, -0.1) is 0 Å². The lowest BCUT2D eigenvalue weighted by Gasteiger charge is -2.23. The maximum atomic E-state index is 12.1. The molecule has 6 heteroatoms. The van der Waals surface area contributed by atoms with Gasteiger partial charge in [0.15, 0.2) is 0 Å². The molecule has 0 aliphatic heterocycles. The van der Waals surface area contributed by atoms with Crippen LogP contribution in [0.5, 0.6) is 0 Å². The first-order chi connectivity index (χ1) is 26.7. The Bertz CT molecular complexity index is 690. The summed E-state index contributed by atoms with van der Waals surface area (Å²) in [4.78, 5) is 17.4. The van der Waals surface area contributed by atoms with E-state index >= 15 is 0 Å². The Morgan fingerprint density at radius 2 is 0.611 bits per heavy atom. The number of unbranched alkanes of at least 4 members (excludes halogenated alkanes) is 26. The Kier molecular flexibility index (Phi) is 46.1. The third kappa shape index (κ3) is 42.5. The fourth-order valence-electron chi connectivity index (χ4n) is 7.36. The smallest absolute Gasteiger partial charge is 0.305 e. The van der Waals surface area contributed by atoms with Crippen LogP contribution in [0.2, 0.25) is 0 Å². The standard InChI is InChI=1S/C48H98N2O4/c1-5-9-13-17-20-26-32-38-50(39-33-27-21-18-14-10-6-2)42-45-53-47-46-52-44-41-49(37-31-25-16-12-8-4)40-34-28-23-24-30-36-48(51)54-43-35-29-22-19-15-11-7-3/h5-47H2,1-4H3. The van der Waals surface area contributed by atoms with E-state index in [1.807, 2.05) is 0 Å². The molecule has 0 bridgehead atoms. The van der Waals surface area contributed by atoms with Crippen molar-refractivity contribution in [3.8, 4) is 0 Å². The summed E-state index contributed by atoms with van der Waals surface area (Å²) in [7, 11) is 0. The van der Waals surface area contributed by atoms with Crippen molar-refractivity contribution in [2.24, 2.45) is 0 Å². The minimum absolute atomic E-state index is 0.000194. The second-order valence-corrected chi connectivity index (χ2v) is 16.4. The van der Waals surface area contributed by atoms with E-state index in [-0.39, 0.29) is 5.97 Å². The van der Waals surface area contributed by atoms with E-state index in [2.05, 4.69) is 37.5 Å². The fourth-order valence-corrected chi connectivity index (χ4v) is 7.36. The first kappa shape index (κ1) is 53.3. The molecule has 0 spiro atoms. The summed E-state index contributed by atoms with van der Waals surface area (Å²) in [5.74, 6) is 0.000194. The summed E-state index contributed by atoms with van der Waals surface area (Å²) in [5.41, 5.74) is 0. The monoisotopic (exact) mass is 767 g/mol. The van der Waals surface area contributed by atoms with Crippen LogP contribution in [0.15, 0.2) is 0 Å². The largest absolute Gasteiger partial charge is 0.466 e. The molecule has 0 unspecified atom stereocenters. The van der Waals surface area contributed by atoms with Gasteiger partial charge in [-0.1, -0.05) is 188 Å². The van der Waals surface area contributed by atoms with Gasteiger partial charge in [0.05, 0.1) is 33.0 Å². The zero-order valence-corrected chi connectivity index (χ0v) is 37.4. The minimum Gasteiger partial charge on any atom is -0.466 e. The zero-order chi connectivity index (χ0) is 39.3. The molecule has 0 aliphatic rings. The highest BCUT2D eigenvalue weighted by Crippen LogP contribution is 2.12. The summed E-state index contributed by atoms with van der Waals surface area (Å²) >= 11 is 0. The Hall–Kier alpha value is -0.690. The average Bonchev–Trinajstić information content (AvgIpc) is 3.17. The van der Waals surface area contributed by atoms with E-state index < -0.39 is 0 Å². The normalized spacial score (nSPS) is 11.7. The van der Waals surface area contributed by atoms with Crippen molar-refractivity contribution < 1.29 is 19.0 Å². The number of carbonyl (C=O) groups is 1. The van der Waals surface area contributed by atoms with Gasteiger partial charge in [0.1, 0.15) is 0 Å². The van der Waals surface area contributed by atoms with E-state index in [0.717, 1.165) is 52.1 Å². The van der Waals surface area contributed by atoms with Crippen molar-refractivity contribution >= 4 is 5.97 Å². The highest BCUT2D eigenvalue weighted by Gasteiger charge is 2.08. The lowest BCUT2D eigenvalue weighted by atomic mass is 10.1. The van der Waals surface area contributed by atoms with Gasteiger partial charge in [0, 0.05) is 19.5 Å². The van der Waals surface area contributed by atoms with E-state index in [4.69, 9.17) is 14.2 Å². The number of hydrogen-bond acceptors (Lipinski definition) is 6. The van der Waals surface area contributed by atoms with Crippen LogP contribution in [0.3, 0.4) is 0 Å². The third-order valence-electron chi connectivity index (χ3n) is 11.1. The Morgan fingerprint density at radius 3 is 0.963 bits per heavy atom. The van der Waals surface area contributed by atoms with Gasteiger partial charge in [-0.3, -0.25) is 4.79 Å². The highest BCUT2D eigenvalue weighted by molar-refractivity contribution is 5.69. The molecular weight excluding hydrogens is 669 g/mol. The first-order valence-electron chi connectivity index (χ1n) is 24.4. The van der Waals surface area contributed by atoms with E-state index in [0.29, 0.717) is 26.2 Å². The van der Waals surface area contributed by atoms with Crippen LogP contribution in [0.1, 0.15) is 233 Å². The molecule has 0 aromatic heterocycles. The lowest BCUT2D eigenvalue weighted by Crippen LogP contribution is -2.31. The van der Waals surface area contributed by atoms with Crippen molar-refractivity contribution in [1.82, 2.24) is 9.80 Å². The predicted octanol–water partition coefficient (Wildman–Crippen LogP) is 13.7. The zero-order valence-electron chi connectivity index (χ0n) is 37.4. The molecule has 0 rings (SSSR count). The SMILES string of the molecule is CCCCCCCCCOC(=O)CCCCCCCN(CCCCCCC)CCOCCOCCN(CCCCCCCCC)CCCCCCCCC. The van der Waals surface area contributed by atoms with E-state index in [9.17, 15) is 4.79 Å². The van der Waals surface area contributed by atoms with E-state index in [1.165, 1.54) is 199 Å². The molecule has 0 amide bonds. The van der Waals surface area contributed by atoms with Gasteiger partial charge in [-0.2, -0.15) is 0 Å². The number of esters is 1. The molecule has 0 aliphatic carbocycles. The van der Waals surface area contributed by atoms with Gasteiger partial charge in [0.2, 0.25) is 0 Å². The minimum atomic E-state index is 0.000194. The summed E-state index contributed by atoms with van der Waals surface area (Å²) in [6, 6.07) is 0. The predicted molar refractivity (Wildman–Crippen MR) is 236 cm³/mol. The number of hydrogen-bond donors (Lipinski definition) is 0. The molecule has 6 nitrogen and oxygen atoms in total. The summed E-state index contributed by atoms with van der Waals surface area (Å²) < 4.78 is 17.6. The molecule has 0 saturated carbocycles. The number of ether oxygens (including phenoxy) is 3. The van der Waals surface area contributed by atoms with Gasteiger partial charge >= 0.3 is 5.97 Å². The Labute approximate surface area is 339 Å². The Morgan fingerprint density at radius 1 is 0.315 bits per heavy atom. The van der Waals surface area contributed by atoms with Gasteiger partial charge in [0.25, 0.3) is 0 Å². The molecule has 0 heterocycles. The van der Waals surface area contributed by atoms with Crippen molar-refractivity contribution in [1.29, 1.82) is 0 Å². The summed E-state index contributed by atoms with van der Waals surface area (Å²) in [6.45, 7) is 19.6. The molecule has 0 saturated heterocycles. The fraction of sp³-hybridized carbons (Fsp3) is 0.979. The van der Waals surface area contributed by atoms with Crippen LogP contribution in [0.25, 0.3) is 0 Å². The number of rotatable bonds is 47. The molecule has 0 radical (unpaired) electrons. The van der Waals surface area contributed by atoms with Crippen LogP contribution in [-0.4, -0.2) is 88.1 Å². The number of carbonyl (C=O) groups excluding carboxylic acids is 1. The maximum Gasteiger partial charge on any atom is 0.305 e. The summed E-state index contributed by atoms with van der Waals surface area (Å²) in [5, 5.41) is 0. The number of nitrogens with zero attached hydrogens (tertiary/aromatic N) is 2. The molecule has 0 N–H and O–H groups in total. The molecule has 54 heavy (non-hydrogen) atoms. The van der Waals surface area contributed by atoms with Crippen LogP contribution in [0, 0.1) is 0 Å². The molecule has 0 fully saturated rings. The van der Waals surface area contributed by atoms with Crippen LogP contribution < -0.4 is 0 Å². The first-order valence-corrected chi connectivity index (χ1v) is 24.4. The molecule has 0 aromatic rings. The topological polar surface area (TPSA) is 51.2 Å². The van der Waals surface area contributed by atoms with Gasteiger partial charge < -0.3 is 24.0 Å². The summed E-state index contributed by atoms with van der Waals surface area (Å²) in [6.07, 6.45) is 41.0. The quantitative estimate of drug-likeness (QED) is 0.0454. The second kappa shape index (κ2) is 46.7. The van der Waals surface area contributed by atoms with Crippen molar-refractivity contribution in [2.45, 2.75) is 233 Å². The average molecular weight is 767 g/mol. The molecule has 0 aromatic carbocycles. The lowest BCUT2D eigenvalue weighted by molar-refractivity contribution is -0.143. The van der Waals surface area contributed by atoms with Crippen molar-refractivity contribution in [2.75, 3.05) is 72.3 Å². The van der Waals surface area contributed by atoms with Crippen LogP contribution in [0.4, 0.5) is 0 Å². The van der Waals surface area contributed by atoms with Crippen molar-refractivity contribution in [3.05, 3.63) is 0 Å². The Balaban J connectivity index is 4.18. The van der Waals surface area contributed by atoms with Gasteiger partial charge in [-0.05, 0) is 64.7 Å². The highest BCUT2D eigenvalue weighted by atomic mass is 16.5. The second-order valence-electron chi connectivity index (χ2n) is 16.4. The molecular formula is C48H98N2O4. The maximum absolute atomic E-state index is 12.1. The van der Waals surface area contributed by atoms with E-state index in [1.54, 1.807) is 0 Å². The third-order valence-corrected chi connectivity index (χ3v) is 11.1.